The van der Waals surface area contributed by atoms with Crippen molar-refractivity contribution in [3.05, 3.63) is 23.2 Å². The Bertz CT molecular complexity index is 770. The molecule has 8 nitrogen and oxygen atoms in total. The lowest BCUT2D eigenvalue weighted by molar-refractivity contribution is -0.318. The molecule has 12 heteroatoms. The minimum absolute atomic E-state index is 0.0252. The van der Waals surface area contributed by atoms with Gasteiger partial charge in [0.25, 0.3) is 0 Å². The van der Waals surface area contributed by atoms with E-state index in [2.05, 4.69) is 0 Å². The summed E-state index contributed by atoms with van der Waals surface area (Å²) in [4.78, 5) is 26.6. The second-order valence-corrected chi connectivity index (χ2v) is 6.45. The van der Waals surface area contributed by atoms with E-state index in [1.54, 1.807) is 12.2 Å². The first kappa shape index (κ1) is 20.2. The van der Waals surface area contributed by atoms with Crippen LogP contribution in [0.1, 0.15) is 6.92 Å². The molecule has 3 rings (SSSR count). The molecule has 0 aromatic heterocycles. The number of hydrogen-bond acceptors (Lipinski definition) is 5. The van der Waals surface area contributed by atoms with E-state index < -0.39 is 24.2 Å². The molecule has 1 fully saturated rings. The summed E-state index contributed by atoms with van der Waals surface area (Å²) in [7, 11) is 0. The van der Waals surface area contributed by atoms with Crippen molar-refractivity contribution in [1.82, 2.24) is 15.1 Å². The van der Waals surface area contributed by atoms with E-state index in [9.17, 15) is 22.8 Å². The highest BCUT2D eigenvalue weighted by Gasteiger charge is 2.66. The van der Waals surface area contributed by atoms with Crippen LogP contribution in [-0.4, -0.2) is 66.8 Å². The third-order valence-corrected chi connectivity index (χ3v) is 4.39. The minimum atomic E-state index is -5.07. The average Bonchev–Trinajstić information content (AvgIpc) is 3.00. The van der Waals surface area contributed by atoms with Gasteiger partial charge in [0.05, 0.1) is 6.61 Å². The van der Waals surface area contributed by atoms with Crippen molar-refractivity contribution in [2.24, 2.45) is 0 Å². The third kappa shape index (κ3) is 3.84. The van der Waals surface area contributed by atoms with Gasteiger partial charge >= 0.3 is 24.2 Å². The van der Waals surface area contributed by atoms with Gasteiger partial charge in [-0.05, 0) is 19.1 Å². The molecule has 3 amide bonds. The number of carbonyl (C=O) groups is 2. The van der Waals surface area contributed by atoms with Gasteiger partial charge < -0.3 is 24.0 Å². The molecule has 1 aromatic carbocycles. The Kier molecular flexibility index (Phi) is 5.37. The number of nitrogens with zero attached hydrogens (tertiary/aromatic N) is 2. The molecule has 1 aromatic rings. The molecule has 1 unspecified atom stereocenters. The van der Waals surface area contributed by atoms with Crippen molar-refractivity contribution in [1.29, 1.82) is 0 Å². The lowest BCUT2D eigenvalue weighted by atomic mass is 10.3. The van der Waals surface area contributed by atoms with Gasteiger partial charge in [-0.1, -0.05) is 11.6 Å². The summed E-state index contributed by atoms with van der Waals surface area (Å²) >= 11 is 5.77. The number of amides is 3. The standard InChI is InChI=1S/C16H17ClF3N3O5/c1-2-26-14(25)23-7-5-22(6-8-23)13(24)21-16(15(18,19)20)27-11-4-3-10(17)9-12(11)28-16/h3-4,9H,2,5-8H2,1H3,(H,21,24). The largest absolute Gasteiger partial charge is 0.492 e. The zero-order chi connectivity index (χ0) is 20.5. The molecule has 0 bridgehead atoms. The van der Waals surface area contributed by atoms with Crippen molar-refractivity contribution in [2.75, 3.05) is 32.8 Å². The second kappa shape index (κ2) is 7.46. The molecule has 2 heterocycles. The summed E-state index contributed by atoms with van der Waals surface area (Å²) < 4.78 is 55.7. The highest BCUT2D eigenvalue weighted by Crippen LogP contribution is 2.46. The molecule has 1 atom stereocenters. The van der Waals surface area contributed by atoms with Crippen LogP contribution in [0, 0.1) is 0 Å². The van der Waals surface area contributed by atoms with E-state index >= 15 is 0 Å². The highest BCUT2D eigenvalue weighted by molar-refractivity contribution is 6.30. The number of benzene rings is 1. The number of piperazine rings is 1. The normalized spacial score (nSPS) is 21.5. The minimum Gasteiger partial charge on any atom is -0.450 e. The maximum absolute atomic E-state index is 13.7. The number of urea groups is 1. The van der Waals surface area contributed by atoms with Crippen LogP contribution in [0.5, 0.6) is 11.5 Å². The van der Waals surface area contributed by atoms with Crippen molar-refractivity contribution in [3.8, 4) is 11.5 Å². The van der Waals surface area contributed by atoms with E-state index in [-0.39, 0.29) is 49.3 Å². The Balaban J connectivity index is 1.69. The quantitative estimate of drug-likeness (QED) is 0.791. The van der Waals surface area contributed by atoms with E-state index in [0.29, 0.717) is 0 Å². The maximum atomic E-state index is 13.7. The first-order valence-corrected chi connectivity index (χ1v) is 8.76. The van der Waals surface area contributed by atoms with Gasteiger partial charge in [-0.25, -0.2) is 9.59 Å². The Morgan fingerprint density at radius 1 is 1.18 bits per heavy atom. The van der Waals surface area contributed by atoms with Crippen molar-refractivity contribution in [2.45, 2.75) is 19.0 Å². The Morgan fingerprint density at radius 2 is 1.79 bits per heavy atom. The summed E-state index contributed by atoms with van der Waals surface area (Å²) in [5.74, 6) is -3.80. The van der Waals surface area contributed by atoms with Crippen LogP contribution >= 0.6 is 11.6 Å². The number of ether oxygens (including phenoxy) is 3. The van der Waals surface area contributed by atoms with E-state index in [4.69, 9.17) is 25.8 Å². The Hall–Kier alpha value is -2.56. The smallest absolute Gasteiger partial charge is 0.450 e. The van der Waals surface area contributed by atoms with Gasteiger partial charge in [-0.2, -0.15) is 13.2 Å². The Morgan fingerprint density at radius 3 is 2.39 bits per heavy atom. The van der Waals surface area contributed by atoms with Gasteiger partial charge in [-0.3, -0.25) is 5.32 Å². The van der Waals surface area contributed by atoms with Crippen LogP contribution in [0.3, 0.4) is 0 Å². The van der Waals surface area contributed by atoms with Crippen LogP contribution < -0.4 is 14.8 Å². The highest BCUT2D eigenvalue weighted by atomic mass is 35.5. The summed E-state index contributed by atoms with van der Waals surface area (Å²) in [6.45, 7) is 2.16. The summed E-state index contributed by atoms with van der Waals surface area (Å²) in [6, 6.07) is 2.68. The van der Waals surface area contributed by atoms with Gasteiger partial charge in [0.15, 0.2) is 11.5 Å². The van der Waals surface area contributed by atoms with Crippen LogP contribution in [0.15, 0.2) is 18.2 Å². The molecule has 1 N–H and O–H groups in total. The molecule has 1 saturated heterocycles. The monoisotopic (exact) mass is 423 g/mol. The van der Waals surface area contributed by atoms with Gasteiger partial charge in [0.1, 0.15) is 0 Å². The van der Waals surface area contributed by atoms with Crippen LogP contribution in [0.2, 0.25) is 5.02 Å². The zero-order valence-corrected chi connectivity index (χ0v) is 15.5. The summed E-state index contributed by atoms with van der Waals surface area (Å²) in [5, 5.41) is 1.93. The lowest BCUT2D eigenvalue weighted by Crippen LogP contribution is -2.67. The first-order valence-electron chi connectivity index (χ1n) is 8.38. The van der Waals surface area contributed by atoms with Crippen molar-refractivity contribution in [3.63, 3.8) is 0 Å². The van der Waals surface area contributed by atoms with Gasteiger partial charge in [0.2, 0.25) is 0 Å². The number of rotatable bonds is 2. The fourth-order valence-corrected chi connectivity index (χ4v) is 2.90. The number of nitrogens with one attached hydrogen (secondary N) is 1. The first-order chi connectivity index (χ1) is 13.1. The molecule has 2 aliphatic heterocycles. The van der Waals surface area contributed by atoms with E-state index in [0.717, 1.165) is 11.0 Å². The number of carbonyl (C=O) groups excluding carboxylic acids is 2. The summed E-state index contributed by atoms with van der Waals surface area (Å²) in [6.07, 6.45) is -5.61. The molecule has 0 saturated carbocycles. The molecular formula is C16H17ClF3N3O5. The predicted octanol–water partition coefficient (Wildman–Crippen LogP) is 2.81. The molecular weight excluding hydrogens is 407 g/mol. The van der Waals surface area contributed by atoms with Crippen LogP contribution in [0.4, 0.5) is 22.8 Å². The van der Waals surface area contributed by atoms with Crippen LogP contribution in [-0.2, 0) is 4.74 Å². The topological polar surface area (TPSA) is 80.3 Å². The van der Waals surface area contributed by atoms with Gasteiger partial charge in [0, 0.05) is 37.3 Å². The van der Waals surface area contributed by atoms with Gasteiger partial charge in [-0.15, -0.1) is 0 Å². The lowest BCUT2D eigenvalue weighted by Gasteiger charge is -2.36. The number of halogens is 4. The van der Waals surface area contributed by atoms with Crippen LogP contribution in [0.25, 0.3) is 0 Å². The van der Waals surface area contributed by atoms with E-state index in [1.807, 2.05) is 0 Å². The fourth-order valence-electron chi connectivity index (χ4n) is 2.74. The molecule has 2 aliphatic rings. The number of alkyl halides is 3. The van der Waals surface area contributed by atoms with Crippen molar-refractivity contribution >= 4 is 23.7 Å². The molecule has 0 aliphatic carbocycles. The number of hydrogen-bond donors (Lipinski definition) is 1. The second-order valence-electron chi connectivity index (χ2n) is 6.01. The maximum Gasteiger partial charge on any atom is 0.492 e. The number of fused-ring (bicyclic) bond motifs is 1. The molecule has 0 radical (unpaired) electrons. The van der Waals surface area contributed by atoms with E-state index in [1.165, 1.54) is 17.0 Å². The average molecular weight is 424 g/mol. The molecule has 28 heavy (non-hydrogen) atoms. The SMILES string of the molecule is CCOC(=O)N1CCN(C(=O)NC2(C(F)(F)F)Oc3ccc(Cl)cc3O2)CC1. The molecule has 0 spiro atoms. The zero-order valence-electron chi connectivity index (χ0n) is 14.7. The summed E-state index contributed by atoms with van der Waals surface area (Å²) in [5.41, 5.74) is 0. The predicted molar refractivity (Wildman–Crippen MR) is 90.2 cm³/mol. The third-order valence-electron chi connectivity index (χ3n) is 4.15. The van der Waals surface area contributed by atoms with Crippen molar-refractivity contribution < 1.29 is 37.0 Å². The Labute approximate surface area is 163 Å². The molecule has 154 valence electrons. The fraction of sp³-hybridized carbons (Fsp3) is 0.500.